The molecule has 0 spiro atoms. The Hall–Kier alpha value is -2.71. The lowest BCUT2D eigenvalue weighted by Crippen LogP contribution is -2.35. The predicted molar refractivity (Wildman–Crippen MR) is 92.2 cm³/mol. The Bertz CT molecular complexity index is 995. The van der Waals surface area contributed by atoms with Crippen LogP contribution >= 0.6 is 0 Å². The molecule has 0 atom stereocenters. The molecule has 7 nitrogen and oxygen atoms in total. The first-order valence-electron chi connectivity index (χ1n) is 8.01. The predicted octanol–water partition coefficient (Wildman–Crippen LogP) is 2.09. The lowest BCUT2D eigenvalue weighted by atomic mass is 10.1. The van der Waals surface area contributed by atoms with Gasteiger partial charge in [-0.2, -0.15) is 23.0 Å². The van der Waals surface area contributed by atoms with E-state index in [0.29, 0.717) is 18.2 Å². The van der Waals surface area contributed by atoms with Gasteiger partial charge < -0.3 is 9.12 Å². The number of aryl methyl sites for hydroxylation is 1. The summed E-state index contributed by atoms with van der Waals surface area (Å²) in [4.78, 5) is 12.3. The van der Waals surface area contributed by atoms with Crippen molar-refractivity contribution in [3.8, 4) is 11.8 Å². The van der Waals surface area contributed by atoms with Crippen molar-refractivity contribution in [2.24, 2.45) is 5.92 Å². The van der Waals surface area contributed by atoms with Crippen LogP contribution in [0, 0.1) is 17.2 Å². The van der Waals surface area contributed by atoms with Gasteiger partial charge in [0, 0.05) is 30.9 Å². The van der Waals surface area contributed by atoms with Gasteiger partial charge in [0.2, 0.25) is 5.69 Å². The van der Waals surface area contributed by atoms with Crippen molar-refractivity contribution >= 4 is 10.1 Å². The average molecular weight is 417 g/mol. The van der Waals surface area contributed by atoms with Gasteiger partial charge in [-0.25, -0.2) is 8.42 Å². The van der Waals surface area contributed by atoms with Crippen LogP contribution in [0.15, 0.2) is 47.7 Å². The molecule has 0 aliphatic heterocycles. The fourth-order valence-corrected chi connectivity index (χ4v) is 2.02. The Morgan fingerprint density at radius 2 is 1.79 bits per heavy atom. The summed E-state index contributed by atoms with van der Waals surface area (Å²) in [6, 6.07) is 9.48. The van der Waals surface area contributed by atoms with Crippen molar-refractivity contribution in [3.05, 3.63) is 58.8 Å². The number of rotatable bonds is 4. The zero-order valence-electron chi connectivity index (χ0n) is 15.0. The first-order chi connectivity index (χ1) is 12.9. The van der Waals surface area contributed by atoms with Gasteiger partial charge in [0.15, 0.2) is 28.1 Å². The summed E-state index contributed by atoms with van der Waals surface area (Å²) in [6.07, 6.45) is 6.34. The molecule has 0 aliphatic carbocycles. The van der Waals surface area contributed by atoms with Crippen LogP contribution in [0.1, 0.15) is 25.8 Å². The Kier molecular flexibility index (Phi) is 7.89. The quantitative estimate of drug-likeness (QED) is 0.430. The van der Waals surface area contributed by atoms with E-state index in [1.807, 2.05) is 42.7 Å². The molecule has 0 saturated heterocycles. The van der Waals surface area contributed by atoms with Crippen molar-refractivity contribution in [3.63, 3.8) is 0 Å². The van der Waals surface area contributed by atoms with Gasteiger partial charge in [0.25, 0.3) is 5.56 Å². The number of pyridine rings is 2. The Morgan fingerprint density at radius 1 is 1.25 bits per heavy atom. The average Bonchev–Trinajstić information content (AvgIpc) is 2.60. The summed E-state index contributed by atoms with van der Waals surface area (Å²) in [6.45, 7) is 4.87. The number of nitrogens with zero attached hydrogens (tertiary/aromatic N) is 3. The highest BCUT2D eigenvalue weighted by atomic mass is 32.2. The zero-order chi connectivity index (χ0) is 21.5. The second-order valence-electron chi connectivity index (χ2n) is 6.05. The van der Waals surface area contributed by atoms with Crippen LogP contribution in [0.4, 0.5) is 13.2 Å². The first kappa shape index (κ1) is 23.3. The number of halogens is 3. The molecule has 0 amide bonds. The summed E-state index contributed by atoms with van der Waals surface area (Å²) in [5, 5.41) is 9.29. The lowest BCUT2D eigenvalue weighted by Gasteiger charge is -2.08. The molecule has 2 aromatic heterocycles. The minimum Gasteiger partial charge on any atom is -0.741 e. The number of aromatic nitrogens is 2. The van der Waals surface area contributed by atoms with Crippen LogP contribution in [-0.2, 0) is 16.7 Å². The third-order valence-corrected chi connectivity index (χ3v) is 4.05. The van der Waals surface area contributed by atoms with Gasteiger partial charge in [-0.3, -0.25) is 4.79 Å². The fourth-order valence-electron chi connectivity index (χ4n) is 2.02. The van der Waals surface area contributed by atoms with Crippen molar-refractivity contribution in [1.29, 1.82) is 5.26 Å². The molecule has 2 rings (SSSR count). The van der Waals surface area contributed by atoms with E-state index in [0.717, 1.165) is 6.42 Å². The summed E-state index contributed by atoms with van der Waals surface area (Å²) in [5.74, 6) is 0.524. The minimum atomic E-state index is -6.09. The van der Waals surface area contributed by atoms with Gasteiger partial charge in [-0.1, -0.05) is 19.9 Å². The molecular weight excluding hydrogens is 399 g/mol. The second kappa shape index (κ2) is 9.48. The molecule has 11 heteroatoms. The second-order valence-corrected chi connectivity index (χ2v) is 7.42. The maximum absolute atomic E-state index is 12.3. The zero-order valence-corrected chi connectivity index (χ0v) is 15.9. The maximum atomic E-state index is 12.3. The third-order valence-electron chi connectivity index (χ3n) is 3.48. The molecule has 28 heavy (non-hydrogen) atoms. The van der Waals surface area contributed by atoms with Crippen molar-refractivity contribution in [2.75, 3.05) is 0 Å². The summed E-state index contributed by atoms with van der Waals surface area (Å²) >= 11 is 0. The molecule has 0 N–H and O–H groups in total. The topological polar surface area (TPSA) is 107 Å². The SMILES string of the molecule is CC(C)CCn1ccc(-[n+]2ccccc2)c(C#N)c1=O.O=S(=O)([O-])C(F)(F)F. The molecule has 0 fully saturated rings. The highest BCUT2D eigenvalue weighted by molar-refractivity contribution is 7.86. The standard InChI is InChI=1S/C16H18N3O.CHF3O3S/c1-13(2)6-10-19-11-7-15(14(12-17)16(19)20)18-8-4-3-5-9-18;2-1(3,4)8(5,6)7/h3-5,7-9,11,13H,6,10H2,1-2H3;(H,5,6,7)/q+1;/p-1. The Labute approximate surface area is 160 Å². The van der Waals surface area contributed by atoms with Gasteiger partial charge in [0.05, 0.1) is 0 Å². The van der Waals surface area contributed by atoms with E-state index in [1.165, 1.54) is 0 Å². The lowest BCUT2D eigenvalue weighted by molar-refractivity contribution is -0.596. The fraction of sp³-hybridized carbons (Fsp3) is 0.353. The highest BCUT2D eigenvalue weighted by Gasteiger charge is 2.36. The highest BCUT2D eigenvalue weighted by Crippen LogP contribution is 2.20. The molecular formula is C17H18F3N3O4S. The summed E-state index contributed by atoms with van der Waals surface area (Å²) < 4.78 is 62.3. The summed E-state index contributed by atoms with van der Waals surface area (Å²) in [7, 11) is -6.09. The van der Waals surface area contributed by atoms with E-state index in [1.54, 1.807) is 15.3 Å². The molecule has 0 unspecified atom stereocenters. The van der Waals surface area contributed by atoms with Gasteiger partial charge in [0.1, 0.15) is 6.07 Å². The van der Waals surface area contributed by atoms with E-state index in [4.69, 9.17) is 13.0 Å². The van der Waals surface area contributed by atoms with E-state index < -0.39 is 15.6 Å². The molecule has 0 saturated carbocycles. The smallest absolute Gasteiger partial charge is 0.485 e. The number of hydrogen-bond acceptors (Lipinski definition) is 5. The molecule has 0 aliphatic rings. The number of nitriles is 1. The van der Waals surface area contributed by atoms with Crippen molar-refractivity contribution < 1.29 is 30.7 Å². The normalized spacial score (nSPS) is 11.5. The molecule has 2 aromatic rings. The monoisotopic (exact) mass is 417 g/mol. The maximum Gasteiger partial charge on any atom is 0.485 e. The van der Waals surface area contributed by atoms with E-state index in [9.17, 15) is 23.2 Å². The van der Waals surface area contributed by atoms with Gasteiger partial charge in [-0.05, 0) is 12.3 Å². The summed E-state index contributed by atoms with van der Waals surface area (Å²) in [5.41, 5.74) is -5.05. The number of alkyl halides is 3. The molecule has 2 heterocycles. The van der Waals surface area contributed by atoms with Crippen LogP contribution in [0.25, 0.3) is 5.69 Å². The van der Waals surface area contributed by atoms with Gasteiger partial charge in [-0.15, -0.1) is 0 Å². The molecule has 0 aromatic carbocycles. The largest absolute Gasteiger partial charge is 0.741 e. The van der Waals surface area contributed by atoms with E-state index >= 15 is 0 Å². The van der Waals surface area contributed by atoms with Crippen LogP contribution in [0.2, 0.25) is 0 Å². The third kappa shape index (κ3) is 6.47. The molecule has 152 valence electrons. The minimum absolute atomic E-state index is 0.187. The number of hydrogen-bond donors (Lipinski definition) is 0. The Balaban J connectivity index is 0.000000416. The van der Waals surface area contributed by atoms with Crippen LogP contribution in [-0.4, -0.2) is 23.0 Å². The van der Waals surface area contributed by atoms with Crippen LogP contribution in [0.3, 0.4) is 0 Å². The Morgan fingerprint density at radius 3 is 2.21 bits per heavy atom. The molecule has 0 radical (unpaired) electrons. The molecule has 0 bridgehead atoms. The van der Waals surface area contributed by atoms with Crippen molar-refractivity contribution in [1.82, 2.24) is 4.57 Å². The van der Waals surface area contributed by atoms with Crippen molar-refractivity contribution in [2.45, 2.75) is 32.3 Å². The van der Waals surface area contributed by atoms with Crippen LogP contribution in [0.5, 0.6) is 0 Å². The first-order valence-corrected chi connectivity index (χ1v) is 9.41. The van der Waals surface area contributed by atoms with Gasteiger partial charge >= 0.3 is 5.51 Å². The van der Waals surface area contributed by atoms with Crippen LogP contribution < -0.4 is 10.1 Å². The van der Waals surface area contributed by atoms with E-state index in [-0.39, 0.29) is 11.1 Å². The van der Waals surface area contributed by atoms with E-state index in [2.05, 4.69) is 13.8 Å².